The molecule has 1 aromatic heterocycles. The van der Waals surface area contributed by atoms with Crippen molar-refractivity contribution in [1.82, 2.24) is 5.43 Å². The van der Waals surface area contributed by atoms with Crippen LogP contribution < -0.4 is 5.43 Å². The summed E-state index contributed by atoms with van der Waals surface area (Å²) < 4.78 is 1.07. The fourth-order valence-electron chi connectivity index (χ4n) is 2.18. The topological polar surface area (TPSA) is 41.5 Å². The van der Waals surface area contributed by atoms with E-state index < -0.39 is 0 Å². The zero-order chi connectivity index (χ0) is 16.4. The highest BCUT2D eigenvalue weighted by molar-refractivity contribution is 7.17. The van der Waals surface area contributed by atoms with E-state index in [2.05, 4.69) is 10.5 Å². The van der Waals surface area contributed by atoms with Gasteiger partial charge in [-0.3, -0.25) is 4.79 Å². The van der Waals surface area contributed by atoms with Crippen LogP contribution >= 0.6 is 34.5 Å². The third-order valence-electron chi connectivity index (χ3n) is 3.37. The lowest BCUT2D eigenvalue weighted by molar-refractivity contribution is 0.0957. The normalized spacial score (nSPS) is 11.7. The summed E-state index contributed by atoms with van der Waals surface area (Å²) in [5, 5.41) is 7.99. The van der Waals surface area contributed by atoms with Gasteiger partial charge in [-0.2, -0.15) is 5.10 Å². The molecule has 1 N–H and O–H groups in total. The highest BCUT2D eigenvalue weighted by Crippen LogP contribution is 2.25. The maximum Gasteiger partial charge on any atom is 0.272 e. The Morgan fingerprint density at radius 1 is 1.13 bits per heavy atom. The summed E-state index contributed by atoms with van der Waals surface area (Å²) in [6.45, 7) is 1.77. The Morgan fingerprint density at radius 2 is 1.91 bits per heavy atom. The molecule has 2 aromatic carbocycles. The highest BCUT2D eigenvalue weighted by Gasteiger charge is 2.12. The Labute approximate surface area is 147 Å². The van der Waals surface area contributed by atoms with Crippen molar-refractivity contribution in [3.8, 4) is 0 Å². The smallest absolute Gasteiger partial charge is 0.267 e. The summed E-state index contributed by atoms with van der Waals surface area (Å²) >= 11 is 13.6. The molecular weight excluding hydrogens is 351 g/mol. The molecule has 116 valence electrons. The highest BCUT2D eigenvalue weighted by atomic mass is 35.5. The first-order chi connectivity index (χ1) is 11.1. The standard InChI is InChI=1S/C17H12Cl2N2OS/c1-10(13-8-11(18)6-7-15(13)19)20-21-17(22)14-9-23-16-5-3-2-4-12(14)16/h2-9H,1H3,(H,21,22)/b20-10+. The Morgan fingerprint density at radius 3 is 2.74 bits per heavy atom. The monoisotopic (exact) mass is 362 g/mol. The molecule has 0 unspecified atom stereocenters. The molecule has 0 saturated heterocycles. The number of hydrogen-bond donors (Lipinski definition) is 1. The third kappa shape index (κ3) is 3.39. The van der Waals surface area contributed by atoms with Crippen LogP contribution in [0.3, 0.4) is 0 Å². The zero-order valence-corrected chi connectivity index (χ0v) is 14.5. The lowest BCUT2D eigenvalue weighted by Gasteiger charge is -2.05. The summed E-state index contributed by atoms with van der Waals surface area (Å²) in [5.74, 6) is -0.250. The van der Waals surface area contributed by atoms with Gasteiger partial charge >= 0.3 is 0 Å². The molecule has 0 atom stereocenters. The summed E-state index contributed by atoms with van der Waals surface area (Å²) in [5.41, 5.74) is 4.46. The van der Waals surface area contributed by atoms with Crippen molar-refractivity contribution in [3.63, 3.8) is 0 Å². The van der Waals surface area contributed by atoms with Gasteiger partial charge < -0.3 is 0 Å². The number of halogens is 2. The zero-order valence-electron chi connectivity index (χ0n) is 12.1. The number of carbonyl (C=O) groups is 1. The molecule has 23 heavy (non-hydrogen) atoms. The molecule has 1 amide bonds. The Hall–Kier alpha value is -1.88. The first-order valence-corrected chi connectivity index (χ1v) is 8.46. The van der Waals surface area contributed by atoms with Gasteiger partial charge in [-0.15, -0.1) is 11.3 Å². The first kappa shape index (κ1) is 16.0. The lowest BCUT2D eigenvalue weighted by atomic mass is 10.1. The Bertz CT molecular complexity index is 918. The average Bonchev–Trinajstić information content (AvgIpc) is 2.98. The van der Waals surface area contributed by atoms with Crippen LogP contribution in [0.5, 0.6) is 0 Å². The number of amides is 1. The summed E-state index contributed by atoms with van der Waals surface area (Å²) in [6.07, 6.45) is 0. The van der Waals surface area contributed by atoms with Gasteiger partial charge in [0.05, 0.1) is 11.3 Å². The molecule has 0 aliphatic heterocycles. The van der Waals surface area contributed by atoms with Crippen LogP contribution in [0.25, 0.3) is 10.1 Å². The van der Waals surface area contributed by atoms with E-state index in [0.29, 0.717) is 26.9 Å². The number of carbonyl (C=O) groups excluding carboxylic acids is 1. The maximum atomic E-state index is 12.3. The van der Waals surface area contributed by atoms with Crippen molar-refractivity contribution in [3.05, 3.63) is 69.0 Å². The lowest BCUT2D eigenvalue weighted by Crippen LogP contribution is -2.19. The maximum absolute atomic E-state index is 12.3. The first-order valence-electron chi connectivity index (χ1n) is 6.82. The molecule has 0 radical (unpaired) electrons. The SMILES string of the molecule is C/C(=N\NC(=O)c1csc2ccccc12)c1cc(Cl)ccc1Cl. The Balaban J connectivity index is 1.84. The second kappa shape index (κ2) is 6.71. The second-order valence-corrected chi connectivity index (χ2v) is 6.66. The van der Waals surface area contributed by atoms with Crippen LogP contribution in [0.2, 0.25) is 10.0 Å². The van der Waals surface area contributed by atoms with Gasteiger partial charge in [0.25, 0.3) is 5.91 Å². The van der Waals surface area contributed by atoms with E-state index >= 15 is 0 Å². The van der Waals surface area contributed by atoms with Crippen LogP contribution in [-0.2, 0) is 0 Å². The minimum absolute atomic E-state index is 0.250. The van der Waals surface area contributed by atoms with Gasteiger partial charge in [0.2, 0.25) is 0 Å². The van der Waals surface area contributed by atoms with E-state index in [1.807, 2.05) is 29.6 Å². The molecule has 0 aliphatic carbocycles. The molecule has 1 heterocycles. The van der Waals surface area contributed by atoms with Gasteiger partial charge in [0, 0.05) is 31.1 Å². The van der Waals surface area contributed by atoms with Crippen LogP contribution in [0.1, 0.15) is 22.8 Å². The number of hydrogen-bond acceptors (Lipinski definition) is 3. The van der Waals surface area contributed by atoms with E-state index in [9.17, 15) is 4.79 Å². The molecule has 6 heteroatoms. The largest absolute Gasteiger partial charge is 0.272 e. The minimum atomic E-state index is -0.250. The fraction of sp³-hybridized carbons (Fsp3) is 0.0588. The predicted octanol–water partition coefficient (Wildman–Crippen LogP) is 5.36. The predicted molar refractivity (Wildman–Crippen MR) is 98.0 cm³/mol. The van der Waals surface area contributed by atoms with E-state index in [1.165, 1.54) is 11.3 Å². The number of fused-ring (bicyclic) bond motifs is 1. The van der Waals surface area contributed by atoms with Gasteiger partial charge in [-0.25, -0.2) is 5.43 Å². The molecule has 0 bridgehead atoms. The van der Waals surface area contributed by atoms with E-state index in [0.717, 1.165) is 10.1 Å². The molecule has 3 nitrogen and oxygen atoms in total. The van der Waals surface area contributed by atoms with Crippen LogP contribution in [-0.4, -0.2) is 11.6 Å². The molecule has 3 rings (SSSR count). The average molecular weight is 363 g/mol. The molecule has 0 aliphatic rings. The molecule has 0 fully saturated rings. The number of nitrogens with zero attached hydrogens (tertiary/aromatic N) is 1. The van der Waals surface area contributed by atoms with Gasteiger partial charge in [-0.05, 0) is 31.2 Å². The van der Waals surface area contributed by atoms with Crippen molar-refractivity contribution in [2.24, 2.45) is 5.10 Å². The van der Waals surface area contributed by atoms with E-state index in [1.54, 1.807) is 25.1 Å². The van der Waals surface area contributed by atoms with Crippen LogP contribution in [0, 0.1) is 0 Å². The van der Waals surface area contributed by atoms with Crippen molar-refractivity contribution in [2.75, 3.05) is 0 Å². The van der Waals surface area contributed by atoms with Gasteiger partial charge in [0.15, 0.2) is 0 Å². The number of benzene rings is 2. The van der Waals surface area contributed by atoms with Crippen molar-refractivity contribution in [1.29, 1.82) is 0 Å². The molecular formula is C17H12Cl2N2OS. The molecule has 0 saturated carbocycles. The van der Waals surface area contributed by atoms with Crippen molar-refractivity contribution < 1.29 is 4.79 Å². The number of hydrazone groups is 1. The Kier molecular flexibility index (Phi) is 4.66. The third-order valence-corrected chi connectivity index (χ3v) is 4.90. The molecule has 3 aromatic rings. The number of rotatable bonds is 3. The second-order valence-electron chi connectivity index (χ2n) is 4.91. The summed E-state index contributed by atoms with van der Waals surface area (Å²) in [7, 11) is 0. The summed E-state index contributed by atoms with van der Waals surface area (Å²) in [6, 6.07) is 12.9. The van der Waals surface area contributed by atoms with E-state index in [-0.39, 0.29) is 5.91 Å². The van der Waals surface area contributed by atoms with Gasteiger partial charge in [0.1, 0.15) is 0 Å². The number of nitrogens with one attached hydrogen (secondary N) is 1. The quantitative estimate of drug-likeness (QED) is 0.494. The number of thiophene rings is 1. The fourth-order valence-corrected chi connectivity index (χ4v) is 3.55. The van der Waals surface area contributed by atoms with Crippen LogP contribution in [0.15, 0.2) is 52.9 Å². The van der Waals surface area contributed by atoms with Crippen molar-refractivity contribution in [2.45, 2.75) is 6.92 Å². The van der Waals surface area contributed by atoms with E-state index in [4.69, 9.17) is 23.2 Å². The van der Waals surface area contributed by atoms with Crippen molar-refractivity contribution >= 4 is 56.2 Å². The van der Waals surface area contributed by atoms with Crippen LogP contribution in [0.4, 0.5) is 0 Å². The van der Waals surface area contributed by atoms with Gasteiger partial charge in [-0.1, -0.05) is 41.4 Å². The molecule has 0 spiro atoms. The minimum Gasteiger partial charge on any atom is -0.267 e. The summed E-state index contributed by atoms with van der Waals surface area (Å²) in [4.78, 5) is 12.3.